The summed E-state index contributed by atoms with van der Waals surface area (Å²) in [5.74, 6) is 0. The van der Waals surface area contributed by atoms with Crippen molar-refractivity contribution in [3.8, 4) is 0 Å². The van der Waals surface area contributed by atoms with Crippen molar-refractivity contribution in [3.05, 3.63) is 0 Å². The lowest BCUT2D eigenvalue weighted by molar-refractivity contribution is -0.0345. The minimum atomic E-state index is 0.109. The van der Waals surface area contributed by atoms with Crippen molar-refractivity contribution in [3.63, 3.8) is 0 Å². The SMILES string of the molecule is CCCC(C)(CNC)CC1CCC(C)(C)O1. The molecule has 0 aromatic heterocycles. The van der Waals surface area contributed by atoms with E-state index < -0.39 is 0 Å². The molecular weight excluding hydrogens is 198 g/mol. The van der Waals surface area contributed by atoms with E-state index in [2.05, 4.69) is 33.0 Å². The third kappa shape index (κ3) is 4.06. The van der Waals surface area contributed by atoms with Crippen LogP contribution in [0.25, 0.3) is 0 Å². The Hall–Kier alpha value is -0.0800. The van der Waals surface area contributed by atoms with Gasteiger partial charge in [-0.15, -0.1) is 0 Å². The second-order valence-corrected chi connectivity index (χ2v) is 6.33. The van der Waals surface area contributed by atoms with Gasteiger partial charge in [0, 0.05) is 6.54 Å². The average molecular weight is 227 g/mol. The first-order valence-electron chi connectivity index (χ1n) is 6.73. The molecule has 16 heavy (non-hydrogen) atoms. The lowest BCUT2D eigenvalue weighted by Crippen LogP contribution is -2.34. The van der Waals surface area contributed by atoms with Crippen LogP contribution in [-0.4, -0.2) is 25.3 Å². The molecular formula is C14H29NO. The van der Waals surface area contributed by atoms with E-state index in [1.54, 1.807) is 0 Å². The molecule has 2 heteroatoms. The van der Waals surface area contributed by atoms with Crippen molar-refractivity contribution < 1.29 is 4.74 Å². The summed E-state index contributed by atoms with van der Waals surface area (Å²) in [6, 6.07) is 0. The van der Waals surface area contributed by atoms with Crippen LogP contribution >= 0.6 is 0 Å². The van der Waals surface area contributed by atoms with E-state index in [0.717, 1.165) is 6.54 Å². The quantitative estimate of drug-likeness (QED) is 0.751. The van der Waals surface area contributed by atoms with Gasteiger partial charge in [0.25, 0.3) is 0 Å². The van der Waals surface area contributed by atoms with Crippen LogP contribution in [0.15, 0.2) is 0 Å². The van der Waals surface area contributed by atoms with E-state index in [9.17, 15) is 0 Å². The smallest absolute Gasteiger partial charge is 0.0631 e. The summed E-state index contributed by atoms with van der Waals surface area (Å²) in [6.07, 6.45) is 6.66. The molecule has 2 unspecified atom stereocenters. The maximum Gasteiger partial charge on any atom is 0.0631 e. The summed E-state index contributed by atoms with van der Waals surface area (Å²) in [6.45, 7) is 10.2. The molecule has 96 valence electrons. The molecule has 2 atom stereocenters. The van der Waals surface area contributed by atoms with E-state index in [0.29, 0.717) is 11.5 Å². The van der Waals surface area contributed by atoms with Crippen LogP contribution in [0, 0.1) is 5.41 Å². The van der Waals surface area contributed by atoms with Gasteiger partial charge in [-0.2, -0.15) is 0 Å². The van der Waals surface area contributed by atoms with E-state index in [1.165, 1.54) is 32.1 Å². The molecule has 0 aromatic rings. The molecule has 0 radical (unpaired) electrons. The number of ether oxygens (including phenoxy) is 1. The molecule has 0 saturated carbocycles. The predicted molar refractivity (Wildman–Crippen MR) is 69.7 cm³/mol. The predicted octanol–water partition coefficient (Wildman–Crippen LogP) is 3.36. The van der Waals surface area contributed by atoms with Crippen molar-refractivity contribution in [2.45, 2.75) is 71.5 Å². The van der Waals surface area contributed by atoms with Crippen LogP contribution in [0.4, 0.5) is 0 Å². The number of hydrogen-bond acceptors (Lipinski definition) is 2. The van der Waals surface area contributed by atoms with Gasteiger partial charge in [-0.1, -0.05) is 20.3 Å². The van der Waals surface area contributed by atoms with Gasteiger partial charge in [-0.05, 0) is 52.0 Å². The second-order valence-electron chi connectivity index (χ2n) is 6.33. The molecule has 1 saturated heterocycles. The Balaban J connectivity index is 2.49. The van der Waals surface area contributed by atoms with Crippen LogP contribution in [0.3, 0.4) is 0 Å². The summed E-state index contributed by atoms with van der Waals surface area (Å²) in [4.78, 5) is 0. The van der Waals surface area contributed by atoms with Gasteiger partial charge < -0.3 is 10.1 Å². The van der Waals surface area contributed by atoms with Gasteiger partial charge in [0.05, 0.1) is 11.7 Å². The summed E-state index contributed by atoms with van der Waals surface area (Å²) < 4.78 is 6.11. The zero-order chi connectivity index (χ0) is 12.2. The normalized spacial score (nSPS) is 27.9. The van der Waals surface area contributed by atoms with E-state index in [4.69, 9.17) is 4.74 Å². The molecule has 0 bridgehead atoms. The summed E-state index contributed by atoms with van der Waals surface area (Å²) >= 11 is 0. The van der Waals surface area contributed by atoms with Crippen molar-refractivity contribution in [2.24, 2.45) is 5.41 Å². The highest BCUT2D eigenvalue weighted by Gasteiger charge is 2.36. The molecule has 0 aromatic carbocycles. The van der Waals surface area contributed by atoms with Crippen LogP contribution in [0.2, 0.25) is 0 Å². The number of nitrogens with one attached hydrogen (secondary N) is 1. The Kier molecular flexibility index (Phi) is 4.81. The largest absolute Gasteiger partial charge is 0.372 e. The van der Waals surface area contributed by atoms with Crippen LogP contribution in [-0.2, 0) is 4.74 Å². The Morgan fingerprint density at radius 1 is 1.44 bits per heavy atom. The second kappa shape index (κ2) is 5.50. The molecule has 0 aliphatic carbocycles. The lowest BCUT2D eigenvalue weighted by Gasteiger charge is -2.32. The van der Waals surface area contributed by atoms with Crippen molar-refractivity contribution in [2.75, 3.05) is 13.6 Å². The minimum Gasteiger partial charge on any atom is -0.372 e. The average Bonchev–Trinajstić information content (AvgIpc) is 2.45. The van der Waals surface area contributed by atoms with Gasteiger partial charge in [0.2, 0.25) is 0 Å². The van der Waals surface area contributed by atoms with Gasteiger partial charge >= 0.3 is 0 Å². The first kappa shape index (κ1) is 14.0. The van der Waals surface area contributed by atoms with E-state index in [-0.39, 0.29) is 5.60 Å². The Morgan fingerprint density at radius 2 is 2.12 bits per heavy atom. The summed E-state index contributed by atoms with van der Waals surface area (Å²) in [7, 11) is 2.05. The fraction of sp³-hybridized carbons (Fsp3) is 1.00. The third-order valence-electron chi connectivity index (χ3n) is 3.73. The maximum atomic E-state index is 6.11. The van der Waals surface area contributed by atoms with Crippen LogP contribution in [0.1, 0.15) is 59.8 Å². The first-order chi connectivity index (χ1) is 7.41. The van der Waals surface area contributed by atoms with Crippen LogP contribution < -0.4 is 5.32 Å². The molecule has 1 heterocycles. The Morgan fingerprint density at radius 3 is 2.56 bits per heavy atom. The van der Waals surface area contributed by atoms with Gasteiger partial charge in [0.1, 0.15) is 0 Å². The van der Waals surface area contributed by atoms with Gasteiger partial charge in [0.15, 0.2) is 0 Å². The fourth-order valence-electron chi connectivity index (χ4n) is 3.06. The fourth-order valence-corrected chi connectivity index (χ4v) is 3.06. The highest BCUT2D eigenvalue weighted by atomic mass is 16.5. The molecule has 1 rings (SSSR count). The molecule has 0 spiro atoms. The zero-order valence-corrected chi connectivity index (χ0v) is 11.7. The Labute approximate surface area is 101 Å². The standard InChI is InChI=1S/C14H29NO/c1-6-8-14(4,11-15-5)10-12-7-9-13(2,3)16-12/h12,15H,6-11H2,1-5H3. The molecule has 1 fully saturated rings. The first-order valence-corrected chi connectivity index (χ1v) is 6.73. The summed E-state index contributed by atoms with van der Waals surface area (Å²) in [5.41, 5.74) is 0.506. The van der Waals surface area contributed by atoms with Crippen molar-refractivity contribution in [1.82, 2.24) is 5.32 Å². The number of hydrogen-bond donors (Lipinski definition) is 1. The van der Waals surface area contributed by atoms with E-state index >= 15 is 0 Å². The monoisotopic (exact) mass is 227 g/mol. The molecule has 1 N–H and O–H groups in total. The van der Waals surface area contributed by atoms with Crippen LogP contribution in [0.5, 0.6) is 0 Å². The van der Waals surface area contributed by atoms with Crippen molar-refractivity contribution in [1.29, 1.82) is 0 Å². The lowest BCUT2D eigenvalue weighted by atomic mass is 9.79. The molecule has 0 amide bonds. The topological polar surface area (TPSA) is 21.3 Å². The van der Waals surface area contributed by atoms with E-state index in [1.807, 2.05) is 7.05 Å². The third-order valence-corrected chi connectivity index (χ3v) is 3.73. The Bertz CT molecular complexity index is 207. The molecule has 1 aliphatic heterocycles. The minimum absolute atomic E-state index is 0.109. The van der Waals surface area contributed by atoms with Gasteiger partial charge in [-0.25, -0.2) is 0 Å². The molecule has 2 nitrogen and oxygen atoms in total. The number of rotatable bonds is 6. The van der Waals surface area contributed by atoms with Crippen molar-refractivity contribution >= 4 is 0 Å². The zero-order valence-electron chi connectivity index (χ0n) is 11.7. The highest BCUT2D eigenvalue weighted by Crippen LogP contribution is 2.37. The van der Waals surface area contributed by atoms with Gasteiger partial charge in [-0.3, -0.25) is 0 Å². The summed E-state index contributed by atoms with van der Waals surface area (Å²) in [5, 5.41) is 3.33. The molecule has 1 aliphatic rings. The maximum absolute atomic E-state index is 6.11. The highest BCUT2D eigenvalue weighted by molar-refractivity contribution is 4.86.